The van der Waals surface area contributed by atoms with Gasteiger partial charge >= 0.3 is 6.18 Å². The predicted molar refractivity (Wildman–Crippen MR) is 78.0 cm³/mol. The number of carbonyl (C=O) groups is 1. The number of anilines is 1. The molecule has 1 rings (SSSR count). The number of sulfonamides is 1. The Labute approximate surface area is 139 Å². The van der Waals surface area contributed by atoms with Gasteiger partial charge in [-0.05, 0) is 26.1 Å². The van der Waals surface area contributed by atoms with Gasteiger partial charge in [-0.25, -0.2) is 13.1 Å². The number of benzene rings is 1. The number of hydrogen-bond donors (Lipinski definition) is 3. The lowest BCUT2D eigenvalue weighted by atomic mass is 10.1. The van der Waals surface area contributed by atoms with Crippen molar-refractivity contribution in [2.24, 2.45) is 0 Å². The second-order valence-corrected chi connectivity index (χ2v) is 7.08. The Hall–Kier alpha value is -1.07. The molecule has 130 valence electrons. The summed E-state index contributed by atoms with van der Waals surface area (Å²) in [5.41, 5.74) is -4.06. The minimum absolute atomic E-state index is 0.262. The zero-order valence-corrected chi connectivity index (χ0v) is 14.0. The van der Waals surface area contributed by atoms with Crippen molar-refractivity contribution in [1.82, 2.24) is 4.72 Å². The molecule has 0 fully saturated rings. The fourth-order valence-electron chi connectivity index (χ4n) is 1.32. The van der Waals surface area contributed by atoms with E-state index in [-0.39, 0.29) is 12.6 Å². The lowest BCUT2D eigenvalue weighted by molar-refractivity contribution is -0.242. The van der Waals surface area contributed by atoms with E-state index in [0.29, 0.717) is 0 Å². The summed E-state index contributed by atoms with van der Waals surface area (Å²) >= 11 is 11.5. The number of hydrogen-bond acceptors (Lipinski definition) is 4. The average molecular weight is 395 g/mol. The smallest absolute Gasteiger partial charge is 0.373 e. The summed E-state index contributed by atoms with van der Waals surface area (Å²) in [5.74, 6) is -1.80. The van der Waals surface area contributed by atoms with Crippen LogP contribution in [0.5, 0.6) is 0 Å². The number of amides is 1. The van der Waals surface area contributed by atoms with E-state index in [4.69, 9.17) is 23.2 Å². The molecule has 1 aromatic carbocycles. The van der Waals surface area contributed by atoms with Crippen molar-refractivity contribution >= 4 is 44.8 Å². The van der Waals surface area contributed by atoms with E-state index in [1.54, 1.807) is 5.32 Å². The van der Waals surface area contributed by atoms with Crippen LogP contribution in [0.3, 0.4) is 0 Å². The maximum Gasteiger partial charge on any atom is 0.426 e. The first-order valence-electron chi connectivity index (χ1n) is 5.77. The summed E-state index contributed by atoms with van der Waals surface area (Å²) < 4.78 is 63.0. The summed E-state index contributed by atoms with van der Waals surface area (Å²) in [6.45, 7) is 0.262. The summed E-state index contributed by atoms with van der Waals surface area (Å²) in [7, 11) is -2.84. The number of carbonyl (C=O) groups excluding carboxylic acids is 1. The Balaban J connectivity index is 3.24. The van der Waals surface area contributed by atoms with Crippen molar-refractivity contribution in [3.8, 4) is 0 Å². The van der Waals surface area contributed by atoms with Crippen LogP contribution in [0.25, 0.3) is 0 Å². The van der Waals surface area contributed by atoms with Gasteiger partial charge in [-0.2, -0.15) is 13.2 Å². The van der Waals surface area contributed by atoms with Crippen molar-refractivity contribution in [1.29, 1.82) is 0 Å². The molecule has 0 unspecified atom stereocenters. The largest absolute Gasteiger partial charge is 0.426 e. The van der Waals surface area contributed by atoms with Crippen LogP contribution in [0.15, 0.2) is 17.0 Å². The van der Waals surface area contributed by atoms with Gasteiger partial charge in [0.05, 0.1) is 15.7 Å². The number of nitrogens with one attached hydrogen (secondary N) is 2. The van der Waals surface area contributed by atoms with E-state index in [9.17, 15) is 31.5 Å². The Bertz CT molecular complexity index is 736. The molecule has 0 radical (unpaired) electrons. The molecule has 0 saturated heterocycles. The highest BCUT2D eigenvalue weighted by molar-refractivity contribution is 7.89. The molecule has 12 heteroatoms. The van der Waals surface area contributed by atoms with Gasteiger partial charge in [0.15, 0.2) is 0 Å². The van der Waals surface area contributed by atoms with Crippen molar-refractivity contribution in [3.05, 3.63) is 22.2 Å². The van der Waals surface area contributed by atoms with Gasteiger partial charge in [0.25, 0.3) is 5.91 Å². The molecule has 0 bridgehead atoms. The second kappa shape index (κ2) is 6.44. The molecular weight excluding hydrogens is 384 g/mol. The van der Waals surface area contributed by atoms with Crippen LogP contribution in [-0.2, 0) is 14.8 Å². The van der Waals surface area contributed by atoms with Crippen LogP contribution < -0.4 is 10.0 Å². The molecular formula is C11H11Cl2F3N2O4S. The van der Waals surface area contributed by atoms with Gasteiger partial charge < -0.3 is 10.4 Å². The highest BCUT2D eigenvalue weighted by Crippen LogP contribution is 2.37. The van der Waals surface area contributed by atoms with E-state index in [2.05, 4.69) is 0 Å². The molecule has 0 aliphatic heterocycles. The first-order valence-corrected chi connectivity index (χ1v) is 8.01. The van der Waals surface area contributed by atoms with Crippen LogP contribution in [0.1, 0.15) is 6.92 Å². The summed E-state index contributed by atoms with van der Waals surface area (Å²) in [6.07, 6.45) is -5.22. The molecule has 1 atom stereocenters. The Morgan fingerprint density at radius 3 is 2.17 bits per heavy atom. The third kappa shape index (κ3) is 3.89. The maximum absolute atomic E-state index is 12.6. The van der Waals surface area contributed by atoms with Crippen molar-refractivity contribution in [3.63, 3.8) is 0 Å². The predicted octanol–water partition coefficient (Wildman–Crippen LogP) is 2.15. The highest BCUT2D eigenvalue weighted by atomic mass is 35.5. The quantitative estimate of drug-likeness (QED) is 0.728. The molecule has 23 heavy (non-hydrogen) atoms. The van der Waals surface area contributed by atoms with E-state index >= 15 is 0 Å². The first kappa shape index (κ1) is 20.0. The van der Waals surface area contributed by atoms with E-state index < -0.39 is 42.6 Å². The van der Waals surface area contributed by atoms with Crippen molar-refractivity contribution in [2.75, 3.05) is 12.4 Å². The average Bonchev–Trinajstić information content (AvgIpc) is 2.42. The van der Waals surface area contributed by atoms with Gasteiger partial charge in [-0.3, -0.25) is 4.79 Å². The third-order valence-corrected chi connectivity index (χ3v) is 5.30. The van der Waals surface area contributed by atoms with Gasteiger partial charge in [0.2, 0.25) is 15.6 Å². The van der Waals surface area contributed by atoms with Gasteiger partial charge in [0, 0.05) is 0 Å². The lowest BCUT2D eigenvalue weighted by Crippen LogP contribution is -2.52. The second-order valence-electron chi connectivity index (χ2n) is 4.47. The van der Waals surface area contributed by atoms with Crippen molar-refractivity contribution < 1.29 is 31.5 Å². The molecule has 1 aromatic rings. The molecule has 0 aliphatic carbocycles. The number of rotatable bonds is 4. The maximum atomic E-state index is 12.6. The number of alkyl halides is 3. The molecule has 0 aromatic heterocycles. The SMILES string of the molecule is CNS(=O)(=O)c1ccc(NC(=O)[C@@](C)(O)C(F)(F)F)c(Cl)c1Cl. The van der Waals surface area contributed by atoms with Gasteiger partial charge in [-0.1, -0.05) is 23.2 Å². The minimum atomic E-state index is -5.22. The zero-order valence-electron chi connectivity index (χ0n) is 11.6. The highest BCUT2D eigenvalue weighted by Gasteiger charge is 2.55. The summed E-state index contributed by atoms with van der Waals surface area (Å²) in [6, 6.07) is 1.89. The third-order valence-electron chi connectivity index (χ3n) is 2.85. The van der Waals surface area contributed by atoms with Crippen molar-refractivity contribution in [2.45, 2.75) is 23.6 Å². The van der Waals surface area contributed by atoms with Crippen LogP contribution >= 0.6 is 23.2 Å². The summed E-state index contributed by atoms with van der Waals surface area (Å²) in [4.78, 5) is 11.1. The minimum Gasteiger partial charge on any atom is -0.373 e. The topological polar surface area (TPSA) is 95.5 Å². The van der Waals surface area contributed by atoms with E-state index in [0.717, 1.165) is 19.2 Å². The van der Waals surface area contributed by atoms with Gasteiger partial charge in [0.1, 0.15) is 4.90 Å². The fourth-order valence-corrected chi connectivity index (χ4v) is 2.86. The molecule has 0 saturated carbocycles. The molecule has 0 spiro atoms. The van der Waals surface area contributed by atoms with Crippen LogP contribution in [-0.4, -0.2) is 38.3 Å². The standard InChI is InChI=1S/C11H11Cl2F3N2O4S/c1-10(20,11(14,15)16)9(19)18-5-3-4-6(8(13)7(5)12)23(21,22)17-2/h3-4,17,20H,1-2H3,(H,18,19)/t10-/m1/s1. The normalized spacial score (nSPS) is 15.1. The monoisotopic (exact) mass is 394 g/mol. The number of halogens is 5. The number of aliphatic hydroxyl groups is 1. The first-order chi connectivity index (χ1) is 10.3. The van der Waals surface area contributed by atoms with Crippen LogP contribution in [0, 0.1) is 0 Å². The van der Waals surface area contributed by atoms with E-state index in [1.165, 1.54) is 0 Å². The molecule has 3 N–H and O–H groups in total. The van der Waals surface area contributed by atoms with Gasteiger partial charge in [-0.15, -0.1) is 0 Å². The Kier molecular flexibility index (Phi) is 5.59. The van der Waals surface area contributed by atoms with Crippen LogP contribution in [0.2, 0.25) is 10.0 Å². The molecule has 1 amide bonds. The fraction of sp³-hybridized carbons (Fsp3) is 0.364. The Morgan fingerprint density at radius 2 is 1.74 bits per heavy atom. The summed E-state index contributed by atoms with van der Waals surface area (Å²) in [5, 5.41) is 10.0. The molecule has 0 heterocycles. The Morgan fingerprint density at radius 1 is 1.22 bits per heavy atom. The van der Waals surface area contributed by atoms with E-state index in [1.807, 2.05) is 4.72 Å². The molecule has 6 nitrogen and oxygen atoms in total. The zero-order chi connectivity index (χ0) is 18.2. The van der Waals surface area contributed by atoms with Crippen LogP contribution in [0.4, 0.5) is 18.9 Å². The molecule has 0 aliphatic rings. The lowest BCUT2D eigenvalue weighted by Gasteiger charge is -2.25.